The number of unbranched alkanes of at least 4 members (excludes halogenated alkanes) is 1. The molecule has 0 saturated carbocycles. The normalized spacial score (nSPS) is 16.9. The molecule has 4 aromatic rings. The third-order valence-electron chi connectivity index (χ3n) is 6.70. The van der Waals surface area contributed by atoms with Crippen LogP contribution in [-0.2, 0) is 0 Å². The molecule has 3 heterocycles. The maximum atomic E-state index is 12.6. The van der Waals surface area contributed by atoms with E-state index in [0.29, 0.717) is 18.2 Å². The molecule has 170 valence electrons. The summed E-state index contributed by atoms with van der Waals surface area (Å²) in [6.45, 7) is 4.63. The fraction of sp³-hybridized carbons (Fsp3) is 0.385. The molecule has 2 aromatic heterocycles. The van der Waals surface area contributed by atoms with Crippen LogP contribution < -0.4 is 0 Å². The quantitative estimate of drug-likeness (QED) is 0.305. The number of fused-ring (bicyclic) bond motifs is 1. The molecule has 0 spiro atoms. The van der Waals surface area contributed by atoms with Gasteiger partial charge in [0.05, 0.1) is 17.4 Å². The number of carbonyl (C=O) groups excluding carboxylic acids is 1. The summed E-state index contributed by atoms with van der Waals surface area (Å²) >= 11 is 0. The molecule has 0 aliphatic carbocycles. The van der Waals surface area contributed by atoms with Crippen LogP contribution in [0.2, 0.25) is 0 Å². The first-order valence-electron chi connectivity index (χ1n) is 11.9. The minimum absolute atomic E-state index is 0.204. The highest BCUT2D eigenvalue weighted by Crippen LogP contribution is 2.25. The monoisotopic (exact) mass is 442 g/mol. The molecule has 5 rings (SSSR count). The van der Waals surface area contributed by atoms with E-state index in [0.717, 1.165) is 47.2 Å². The Bertz CT molecular complexity index is 1230. The first-order valence-corrected chi connectivity index (χ1v) is 11.9. The second kappa shape index (κ2) is 9.67. The van der Waals surface area contributed by atoms with Crippen LogP contribution in [0.4, 0.5) is 0 Å². The Kier molecular flexibility index (Phi) is 6.30. The largest absolute Gasteiger partial charge is 0.301 e. The number of Topliss-reactive ketones (excluding diaryl/α,β-unsaturated/α-hetero) is 1. The topological polar surface area (TPSA) is 79.7 Å². The molecule has 1 N–H and O–H groups in total. The zero-order valence-electron chi connectivity index (χ0n) is 19.1. The number of nitrogens with zero attached hydrogens (tertiary/aromatic N) is 5. The molecule has 7 nitrogen and oxygen atoms in total. The predicted octanol–water partition coefficient (Wildman–Crippen LogP) is 5.04. The van der Waals surface area contributed by atoms with Crippen LogP contribution in [-0.4, -0.2) is 55.0 Å². The van der Waals surface area contributed by atoms with Crippen LogP contribution >= 0.6 is 0 Å². The standard InChI is InChI=1S/C26H30N6O/c1-19-8-4-6-16-31(19)17-7-5-11-25(33)20-12-14-21(15-13-20)32-18-24(28-30-32)26-22-9-2-3-10-23(22)27-29-26/h2-3,9-10,12-15,18-19H,4-8,11,16-17H2,1H3,(H,27,29). The number of ketones is 1. The summed E-state index contributed by atoms with van der Waals surface area (Å²) in [5.41, 5.74) is 4.07. The van der Waals surface area contributed by atoms with E-state index in [1.54, 1.807) is 4.68 Å². The van der Waals surface area contributed by atoms with E-state index >= 15 is 0 Å². The van der Waals surface area contributed by atoms with Crippen LogP contribution in [0.5, 0.6) is 0 Å². The van der Waals surface area contributed by atoms with Gasteiger partial charge in [-0.15, -0.1) is 5.10 Å². The molecule has 1 saturated heterocycles. The van der Waals surface area contributed by atoms with Crippen molar-refractivity contribution < 1.29 is 4.79 Å². The molecule has 0 radical (unpaired) electrons. The number of hydrogen-bond acceptors (Lipinski definition) is 5. The van der Waals surface area contributed by atoms with Gasteiger partial charge in [0.1, 0.15) is 11.4 Å². The summed E-state index contributed by atoms with van der Waals surface area (Å²) in [6, 6.07) is 16.3. The zero-order chi connectivity index (χ0) is 22.6. The van der Waals surface area contributed by atoms with E-state index < -0.39 is 0 Å². The second-order valence-corrected chi connectivity index (χ2v) is 8.97. The van der Waals surface area contributed by atoms with Crippen molar-refractivity contribution in [3.63, 3.8) is 0 Å². The van der Waals surface area contributed by atoms with Gasteiger partial charge in [0.2, 0.25) is 0 Å². The van der Waals surface area contributed by atoms with Crippen LogP contribution in [0, 0.1) is 0 Å². The van der Waals surface area contributed by atoms with Crippen molar-refractivity contribution in [2.45, 2.75) is 51.5 Å². The number of piperidine rings is 1. The van der Waals surface area contributed by atoms with Gasteiger partial charge in [-0.05, 0) is 76.0 Å². The minimum atomic E-state index is 0.204. The Hall–Kier alpha value is -3.32. The number of likely N-dealkylation sites (tertiary alicyclic amines) is 1. The lowest BCUT2D eigenvalue weighted by molar-refractivity contribution is 0.0975. The fourth-order valence-corrected chi connectivity index (χ4v) is 4.69. The van der Waals surface area contributed by atoms with Crippen molar-refractivity contribution in [1.82, 2.24) is 30.1 Å². The van der Waals surface area contributed by atoms with E-state index in [1.165, 1.54) is 25.8 Å². The van der Waals surface area contributed by atoms with Crippen LogP contribution in [0.25, 0.3) is 28.0 Å². The Morgan fingerprint density at radius 3 is 2.79 bits per heavy atom. The summed E-state index contributed by atoms with van der Waals surface area (Å²) in [4.78, 5) is 15.2. The number of hydrogen-bond donors (Lipinski definition) is 1. The maximum Gasteiger partial charge on any atom is 0.162 e. The highest BCUT2D eigenvalue weighted by molar-refractivity contribution is 5.96. The Morgan fingerprint density at radius 2 is 1.94 bits per heavy atom. The third-order valence-corrected chi connectivity index (χ3v) is 6.70. The number of para-hydroxylation sites is 1. The average Bonchev–Trinajstić information content (AvgIpc) is 3.50. The molecule has 33 heavy (non-hydrogen) atoms. The van der Waals surface area contributed by atoms with Crippen LogP contribution in [0.3, 0.4) is 0 Å². The van der Waals surface area contributed by atoms with Gasteiger partial charge in [0.15, 0.2) is 5.78 Å². The van der Waals surface area contributed by atoms with E-state index in [4.69, 9.17) is 0 Å². The molecule has 7 heteroatoms. The zero-order valence-corrected chi connectivity index (χ0v) is 19.1. The summed E-state index contributed by atoms with van der Waals surface area (Å²) in [7, 11) is 0. The number of nitrogens with one attached hydrogen (secondary N) is 1. The lowest BCUT2D eigenvalue weighted by Gasteiger charge is -2.33. The first kappa shape index (κ1) is 21.5. The number of aromatic nitrogens is 5. The smallest absolute Gasteiger partial charge is 0.162 e. The highest BCUT2D eigenvalue weighted by atomic mass is 16.1. The lowest BCUT2D eigenvalue weighted by atomic mass is 10.0. The number of benzene rings is 2. The fourth-order valence-electron chi connectivity index (χ4n) is 4.69. The number of aromatic amines is 1. The molecule has 1 aliphatic heterocycles. The van der Waals surface area contributed by atoms with Crippen molar-refractivity contribution >= 4 is 16.7 Å². The van der Waals surface area contributed by atoms with Crippen molar-refractivity contribution in [3.8, 4) is 17.1 Å². The van der Waals surface area contributed by atoms with Gasteiger partial charge in [-0.3, -0.25) is 9.89 Å². The SMILES string of the molecule is CC1CCCCN1CCCCC(=O)c1ccc(-n2cc(-c3n[nH]c4ccccc34)nn2)cc1. The average molecular weight is 443 g/mol. The summed E-state index contributed by atoms with van der Waals surface area (Å²) in [5.74, 6) is 0.204. The summed E-state index contributed by atoms with van der Waals surface area (Å²) < 4.78 is 1.72. The van der Waals surface area contributed by atoms with Gasteiger partial charge in [-0.25, -0.2) is 4.68 Å². The van der Waals surface area contributed by atoms with Gasteiger partial charge in [0.25, 0.3) is 0 Å². The lowest BCUT2D eigenvalue weighted by Crippen LogP contribution is -2.38. The molecule has 1 fully saturated rings. The van der Waals surface area contributed by atoms with Gasteiger partial charge < -0.3 is 4.90 Å². The van der Waals surface area contributed by atoms with Gasteiger partial charge in [-0.1, -0.05) is 29.8 Å². The number of carbonyl (C=O) groups is 1. The molecular formula is C26H30N6O. The molecule has 0 bridgehead atoms. The predicted molar refractivity (Wildman–Crippen MR) is 130 cm³/mol. The Balaban J connectivity index is 1.18. The van der Waals surface area contributed by atoms with E-state index in [9.17, 15) is 4.79 Å². The van der Waals surface area contributed by atoms with Crippen molar-refractivity contribution in [2.75, 3.05) is 13.1 Å². The van der Waals surface area contributed by atoms with Crippen molar-refractivity contribution in [1.29, 1.82) is 0 Å². The summed E-state index contributed by atoms with van der Waals surface area (Å²) in [5, 5.41) is 17.0. The van der Waals surface area contributed by atoms with Crippen LogP contribution in [0.1, 0.15) is 55.8 Å². The van der Waals surface area contributed by atoms with E-state index in [-0.39, 0.29) is 5.78 Å². The molecule has 1 unspecified atom stereocenters. The molecule has 1 atom stereocenters. The third kappa shape index (κ3) is 4.73. The van der Waals surface area contributed by atoms with Gasteiger partial charge in [0, 0.05) is 23.4 Å². The Labute approximate surface area is 193 Å². The van der Waals surface area contributed by atoms with Crippen molar-refractivity contribution in [2.24, 2.45) is 0 Å². The molecule has 2 aromatic carbocycles. The van der Waals surface area contributed by atoms with Crippen molar-refractivity contribution in [3.05, 3.63) is 60.3 Å². The minimum Gasteiger partial charge on any atom is -0.301 e. The second-order valence-electron chi connectivity index (χ2n) is 8.97. The highest BCUT2D eigenvalue weighted by Gasteiger charge is 2.17. The maximum absolute atomic E-state index is 12.6. The van der Waals surface area contributed by atoms with E-state index in [2.05, 4.69) is 32.3 Å². The van der Waals surface area contributed by atoms with E-state index in [1.807, 2.05) is 54.7 Å². The molecule has 0 amide bonds. The van der Waals surface area contributed by atoms with Gasteiger partial charge in [-0.2, -0.15) is 5.10 Å². The number of rotatable bonds is 8. The Morgan fingerprint density at radius 1 is 1.09 bits per heavy atom. The first-order chi connectivity index (χ1) is 16.2. The number of H-pyrrole nitrogens is 1. The molecule has 1 aliphatic rings. The summed E-state index contributed by atoms with van der Waals surface area (Å²) in [6.07, 6.45) is 8.44. The molecular weight excluding hydrogens is 412 g/mol. The van der Waals surface area contributed by atoms with Gasteiger partial charge >= 0.3 is 0 Å². The van der Waals surface area contributed by atoms with Crippen LogP contribution in [0.15, 0.2) is 54.7 Å².